The van der Waals surface area contributed by atoms with Gasteiger partial charge in [0.15, 0.2) is 0 Å². The van der Waals surface area contributed by atoms with E-state index in [-0.39, 0.29) is 11.3 Å². The van der Waals surface area contributed by atoms with Crippen LogP contribution in [0.25, 0.3) is 0 Å². The van der Waals surface area contributed by atoms with Crippen molar-refractivity contribution in [1.82, 2.24) is 5.32 Å². The molecule has 1 N–H and O–H groups in total. The molecule has 0 aliphatic carbocycles. The van der Waals surface area contributed by atoms with Gasteiger partial charge in [-0.05, 0) is 29.9 Å². The van der Waals surface area contributed by atoms with Crippen LogP contribution in [0.3, 0.4) is 0 Å². The van der Waals surface area contributed by atoms with Gasteiger partial charge in [0.1, 0.15) is 0 Å². The summed E-state index contributed by atoms with van der Waals surface area (Å²) >= 11 is 7.99. The first-order chi connectivity index (χ1) is 9.75. The number of amides is 1. The fourth-order valence-electron chi connectivity index (χ4n) is 1.95. The van der Waals surface area contributed by atoms with Crippen molar-refractivity contribution < 1.29 is 4.79 Å². The standard InChI is InChI=1S/C16H18ClNOS/c17-15(13-6-2-1-3-7-13)12-18-16(19)10-4-8-14-9-5-11-20-14/h1-3,5-7,9,11,15H,4,8,10,12H2,(H,18,19). The number of alkyl halides is 1. The average molecular weight is 308 g/mol. The summed E-state index contributed by atoms with van der Waals surface area (Å²) < 4.78 is 0. The predicted molar refractivity (Wildman–Crippen MR) is 85.3 cm³/mol. The van der Waals surface area contributed by atoms with E-state index in [2.05, 4.69) is 16.8 Å². The van der Waals surface area contributed by atoms with Crippen LogP contribution in [0.1, 0.15) is 28.7 Å². The second kappa shape index (κ2) is 8.08. The van der Waals surface area contributed by atoms with Gasteiger partial charge in [0.25, 0.3) is 0 Å². The van der Waals surface area contributed by atoms with E-state index >= 15 is 0 Å². The van der Waals surface area contributed by atoms with Crippen LogP contribution in [0.15, 0.2) is 47.8 Å². The molecule has 0 radical (unpaired) electrons. The molecule has 0 aliphatic rings. The summed E-state index contributed by atoms with van der Waals surface area (Å²) in [6, 6.07) is 13.9. The highest BCUT2D eigenvalue weighted by molar-refractivity contribution is 7.09. The number of aryl methyl sites for hydroxylation is 1. The molecule has 1 amide bonds. The Morgan fingerprint density at radius 3 is 2.70 bits per heavy atom. The number of carbonyl (C=O) groups is 1. The Balaban J connectivity index is 1.65. The Hall–Kier alpha value is -1.32. The molecular formula is C16H18ClNOS. The van der Waals surface area contributed by atoms with E-state index in [9.17, 15) is 4.79 Å². The van der Waals surface area contributed by atoms with Gasteiger partial charge in [-0.2, -0.15) is 0 Å². The molecule has 20 heavy (non-hydrogen) atoms. The van der Waals surface area contributed by atoms with Crippen LogP contribution >= 0.6 is 22.9 Å². The zero-order valence-electron chi connectivity index (χ0n) is 11.2. The maximum Gasteiger partial charge on any atom is 0.220 e. The van der Waals surface area contributed by atoms with Crippen LogP contribution in [0.5, 0.6) is 0 Å². The predicted octanol–water partition coefficient (Wildman–Crippen LogP) is 4.17. The van der Waals surface area contributed by atoms with Crippen molar-refractivity contribution in [1.29, 1.82) is 0 Å². The molecular weight excluding hydrogens is 290 g/mol. The third kappa shape index (κ3) is 4.99. The normalized spacial score (nSPS) is 12.1. The van der Waals surface area contributed by atoms with E-state index in [0.29, 0.717) is 13.0 Å². The van der Waals surface area contributed by atoms with Crippen molar-refractivity contribution in [2.24, 2.45) is 0 Å². The smallest absolute Gasteiger partial charge is 0.220 e. The first kappa shape index (κ1) is 15.1. The minimum absolute atomic E-state index is 0.0723. The Bertz CT molecular complexity index is 513. The van der Waals surface area contributed by atoms with E-state index < -0.39 is 0 Å². The average Bonchev–Trinajstić information content (AvgIpc) is 2.99. The maximum absolute atomic E-state index is 11.7. The van der Waals surface area contributed by atoms with Gasteiger partial charge in [-0.25, -0.2) is 0 Å². The molecule has 0 spiro atoms. The van der Waals surface area contributed by atoms with Gasteiger partial charge in [0.2, 0.25) is 5.91 Å². The lowest BCUT2D eigenvalue weighted by Gasteiger charge is -2.11. The third-order valence-corrected chi connectivity index (χ3v) is 4.39. The van der Waals surface area contributed by atoms with Crippen molar-refractivity contribution in [3.8, 4) is 0 Å². The zero-order valence-corrected chi connectivity index (χ0v) is 12.8. The molecule has 2 rings (SSSR count). The van der Waals surface area contributed by atoms with E-state index in [0.717, 1.165) is 18.4 Å². The number of hydrogen-bond donors (Lipinski definition) is 1. The maximum atomic E-state index is 11.7. The number of hydrogen-bond acceptors (Lipinski definition) is 2. The van der Waals surface area contributed by atoms with Crippen molar-refractivity contribution in [3.05, 3.63) is 58.3 Å². The number of nitrogens with one attached hydrogen (secondary N) is 1. The summed E-state index contributed by atoms with van der Waals surface area (Å²) in [5.74, 6) is 0.0723. The van der Waals surface area contributed by atoms with Gasteiger partial charge in [-0.3, -0.25) is 4.79 Å². The highest BCUT2D eigenvalue weighted by atomic mass is 35.5. The quantitative estimate of drug-likeness (QED) is 0.764. The van der Waals surface area contributed by atoms with Crippen molar-refractivity contribution in [3.63, 3.8) is 0 Å². The molecule has 1 aromatic heterocycles. The van der Waals surface area contributed by atoms with Gasteiger partial charge in [-0.1, -0.05) is 36.4 Å². The topological polar surface area (TPSA) is 29.1 Å². The first-order valence-electron chi connectivity index (χ1n) is 6.74. The summed E-state index contributed by atoms with van der Waals surface area (Å²) in [6.45, 7) is 0.476. The van der Waals surface area contributed by atoms with Crippen LogP contribution in [0.4, 0.5) is 0 Å². The van der Waals surface area contributed by atoms with E-state index in [1.807, 2.05) is 36.4 Å². The molecule has 0 bridgehead atoms. The molecule has 1 atom stereocenters. The Labute approximate surface area is 128 Å². The van der Waals surface area contributed by atoms with Gasteiger partial charge in [0, 0.05) is 17.8 Å². The second-order valence-corrected chi connectivity index (χ2v) is 6.17. The number of rotatable bonds is 7. The number of carbonyl (C=O) groups excluding carboxylic acids is 1. The van der Waals surface area contributed by atoms with Gasteiger partial charge in [0.05, 0.1) is 5.38 Å². The molecule has 4 heteroatoms. The second-order valence-electron chi connectivity index (χ2n) is 4.62. The summed E-state index contributed by atoms with van der Waals surface area (Å²) in [5.41, 5.74) is 1.04. The van der Waals surface area contributed by atoms with E-state index in [1.54, 1.807) is 11.3 Å². The number of halogens is 1. The van der Waals surface area contributed by atoms with Crippen molar-refractivity contribution in [2.75, 3.05) is 6.54 Å². The molecule has 1 heterocycles. The van der Waals surface area contributed by atoms with Gasteiger partial charge >= 0.3 is 0 Å². The number of thiophene rings is 1. The molecule has 1 unspecified atom stereocenters. The molecule has 2 aromatic rings. The van der Waals surface area contributed by atoms with E-state index in [4.69, 9.17) is 11.6 Å². The fraction of sp³-hybridized carbons (Fsp3) is 0.312. The summed E-state index contributed by atoms with van der Waals surface area (Å²) in [4.78, 5) is 13.1. The largest absolute Gasteiger partial charge is 0.354 e. The Kier molecular flexibility index (Phi) is 6.09. The first-order valence-corrected chi connectivity index (χ1v) is 8.05. The fourth-order valence-corrected chi connectivity index (χ4v) is 2.92. The lowest BCUT2D eigenvalue weighted by Crippen LogP contribution is -2.26. The minimum Gasteiger partial charge on any atom is -0.354 e. The number of benzene rings is 1. The molecule has 2 nitrogen and oxygen atoms in total. The summed E-state index contributed by atoms with van der Waals surface area (Å²) in [5, 5.41) is 4.79. The lowest BCUT2D eigenvalue weighted by molar-refractivity contribution is -0.121. The van der Waals surface area contributed by atoms with Crippen molar-refractivity contribution >= 4 is 28.8 Å². The monoisotopic (exact) mass is 307 g/mol. The zero-order chi connectivity index (χ0) is 14.2. The van der Waals surface area contributed by atoms with Crippen molar-refractivity contribution in [2.45, 2.75) is 24.6 Å². The van der Waals surface area contributed by atoms with Crippen LogP contribution in [0.2, 0.25) is 0 Å². The van der Waals surface area contributed by atoms with Gasteiger partial charge in [-0.15, -0.1) is 22.9 Å². The SMILES string of the molecule is O=C(CCCc1cccs1)NCC(Cl)c1ccccc1. The molecule has 0 saturated heterocycles. The minimum atomic E-state index is -0.169. The Morgan fingerprint density at radius 2 is 2.00 bits per heavy atom. The van der Waals surface area contributed by atoms with Crippen LogP contribution in [0, 0.1) is 0 Å². The molecule has 1 aromatic carbocycles. The molecule has 0 saturated carbocycles. The van der Waals surface area contributed by atoms with E-state index in [1.165, 1.54) is 4.88 Å². The third-order valence-electron chi connectivity index (χ3n) is 3.05. The Morgan fingerprint density at radius 1 is 1.20 bits per heavy atom. The molecule has 106 valence electrons. The van der Waals surface area contributed by atoms with Gasteiger partial charge < -0.3 is 5.32 Å². The van der Waals surface area contributed by atoms with Crippen LogP contribution < -0.4 is 5.32 Å². The molecule has 0 fully saturated rings. The van der Waals surface area contributed by atoms with Crippen LogP contribution in [-0.4, -0.2) is 12.5 Å². The molecule has 0 aliphatic heterocycles. The van der Waals surface area contributed by atoms with Crippen LogP contribution in [-0.2, 0) is 11.2 Å². The summed E-state index contributed by atoms with van der Waals surface area (Å²) in [6.07, 6.45) is 2.40. The summed E-state index contributed by atoms with van der Waals surface area (Å²) in [7, 11) is 0. The highest BCUT2D eigenvalue weighted by Gasteiger charge is 2.09. The lowest BCUT2D eigenvalue weighted by atomic mass is 10.1. The highest BCUT2D eigenvalue weighted by Crippen LogP contribution is 2.18.